The monoisotopic (exact) mass is 376 g/mol. The Morgan fingerprint density at radius 3 is 2.39 bits per heavy atom. The van der Waals surface area contributed by atoms with Gasteiger partial charge in [0.25, 0.3) is 0 Å². The molecular formula is C22H24N4O2. The molecule has 0 saturated carbocycles. The number of nitrogens with two attached hydrogens (primary N) is 2. The van der Waals surface area contributed by atoms with Crippen molar-refractivity contribution in [1.29, 1.82) is 5.26 Å². The quantitative estimate of drug-likeness (QED) is 0.751. The highest BCUT2D eigenvalue weighted by atomic mass is 16.5. The van der Waals surface area contributed by atoms with Gasteiger partial charge in [-0.25, -0.2) is 4.99 Å². The maximum absolute atomic E-state index is 9.47. The second-order valence-electron chi connectivity index (χ2n) is 6.60. The summed E-state index contributed by atoms with van der Waals surface area (Å²) in [6.45, 7) is 1.80. The third-order valence-electron chi connectivity index (χ3n) is 4.66. The molecule has 1 aliphatic rings. The summed E-state index contributed by atoms with van der Waals surface area (Å²) in [7, 11) is 0. The predicted octanol–water partition coefficient (Wildman–Crippen LogP) is 3.42. The van der Waals surface area contributed by atoms with Crippen LogP contribution in [0.3, 0.4) is 0 Å². The first-order valence-electron chi connectivity index (χ1n) is 9.26. The molecule has 1 aliphatic heterocycles. The normalized spacial score (nSPS) is 16.2. The van der Waals surface area contributed by atoms with Gasteiger partial charge in [0.2, 0.25) is 0 Å². The van der Waals surface area contributed by atoms with Crippen molar-refractivity contribution >= 4 is 11.4 Å². The Bertz CT molecular complexity index is 877. The van der Waals surface area contributed by atoms with E-state index in [0.29, 0.717) is 31.2 Å². The molecule has 6 nitrogen and oxygen atoms in total. The number of nitrogens with zero attached hydrogens (tertiary/aromatic N) is 2. The standard InChI is InChI=1S/C22H24N4O2/c23-14-20(22(25)21(24)17-10-12-27-13-11-17)26-18-6-8-19(9-7-18)28-15-16-4-2-1-3-5-16/h1-9,17H,10-13,15,24-25H2/b22-21+,26-20?. The van der Waals surface area contributed by atoms with E-state index in [1.807, 2.05) is 42.5 Å². The Morgan fingerprint density at radius 2 is 1.75 bits per heavy atom. The van der Waals surface area contributed by atoms with Gasteiger partial charge in [0, 0.05) is 24.8 Å². The van der Waals surface area contributed by atoms with Gasteiger partial charge in [-0.05, 0) is 42.7 Å². The van der Waals surface area contributed by atoms with Crippen LogP contribution < -0.4 is 16.2 Å². The summed E-state index contributed by atoms with van der Waals surface area (Å²) < 4.78 is 11.1. The minimum atomic E-state index is 0.126. The molecule has 1 fully saturated rings. The fourth-order valence-electron chi connectivity index (χ4n) is 3.00. The number of ether oxygens (including phenoxy) is 2. The smallest absolute Gasteiger partial charge is 0.165 e. The molecule has 0 radical (unpaired) electrons. The molecule has 0 unspecified atom stereocenters. The Balaban J connectivity index is 1.69. The molecule has 6 heteroatoms. The van der Waals surface area contributed by atoms with E-state index in [0.717, 1.165) is 24.2 Å². The fraction of sp³-hybridized carbons (Fsp3) is 0.273. The Labute approximate surface area is 165 Å². The van der Waals surface area contributed by atoms with E-state index in [1.54, 1.807) is 12.1 Å². The van der Waals surface area contributed by atoms with Crippen molar-refractivity contribution in [3.05, 3.63) is 71.6 Å². The van der Waals surface area contributed by atoms with Crippen LogP contribution in [-0.2, 0) is 11.3 Å². The SMILES string of the molecule is N#CC(=Nc1ccc(OCc2ccccc2)cc1)/C(N)=C(\N)C1CCOCC1. The molecule has 2 aromatic rings. The maximum Gasteiger partial charge on any atom is 0.165 e. The van der Waals surface area contributed by atoms with Crippen molar-refractivity contribution in [2.45, 2.75) is 19.4 Å². The number of benzene rings is 2. The lowest BCUT2D eigenvalue weighted by Gasteiger charge is -2.23. The first kappa shape index (κ1) is 19.5. The molecule has 1 saturated heterocycles. The molecule has 2 aromatic carbocycles. The van der Waals surface area contributed by atoms with Crippen LogP contribution in [0, 0.1) is 17.2 Å². The van der Waals surface area contributed by atoms with Gasteiger partial charge in [-0.2, -0.15) is 5.26 Å². The third-order valence-corrected chi connectivity index (χ3v) is 4.66. The van der Waals surface area contributed by atoms with Crippen molar-refractivity contribution in [3.63, 3.8) is 0 Å². The molecule has 4 N–H and O–H groups in total. The van der Waals surface area contributed by atoms with Crippen molar-refractivity contribution in [2.24, 2.45) is 22.4 Å². The molecule has 0 aliphatic carbocycles. The van der Waals surface area contributed by atoms with E-state index in [9.17, 15) is 5.26 Å². The second kappa shape index (κ2) is 9.58. The number of hydrogen-bond acceptors (Lipinski definition) is 6. The van der Waals surface area contributed by atoms with E-state index < -0.39 is 0 Å². The first-order chi connectivity index (χ1) is 13.7. The van der Waals surface area contributed by atoms with Crippen LogP contribution in [-0.4, -0.2) is 18.9 Å². The third kappa shape index (κ3) is 5.12. The van der Waals surface area contributed by atoms with E-state index in [2.05, 4.69) is 11.1 Å². The van der Waals surface area contributed by atoms with Crippen LogP contribution in [0.5, 0.6) is 5.75 Å². The van der Waals surface area contributed by atoms with E-state index in [1.165, 1.54) is 0 Å². The van der Waals surface area contributed by atoms with Crippen molar-refractivity contribution in [1.82, 2.24) is 0 Å². The highest BCUT2D eigenvalue weighted by Gasteiger charge is 2.20. The number of nitriles is 1. The summed E-state index contributed by atoms with van der Waals surface area (Å²) in [5.41, 5.74) is 14.9. The van der Waals surface area contributed by atoms with Crippen molar-refractivity contribution < 1.29 is 9.47 Å². The fourth-order valence-corrected chi connectivity index (χ4v) is 3.00. The lowest BCUT2D eigenvalue weighted by atomic mass is 9.94. The number of hydrogen-bond donors (Lipinski definition) is 2. The van der Waals surface area contributed by atoms with Gasteiger partial charge in [-0.3, -0.25) is 0 Å². The van der Waals surface area contributed by atoms with Crippen LogP contribution >= 0.6 is 0 Å². The molecule has 1 heterocycles. The summed E-state index contributed by atoms with van der Waals surface area (Å²) >= 11 is 0. The summed E-state index contributed by atoms with van der Waals surface area (Å²) in [6, 6.07) is 19.2. The highest BCUT2D eigenvalue weighted by Crippen LogP contribution is 2.23. The van der Waals surface area contributed by atoms with Gasteiger partial charge in [-0.15, -0.1) is 0 Å². The number of aliphatic imine (C=N–C) groups is 1. The van der Waals surface area contributed by atoms with Crippen LogP contribution in [0.15, 0.2) is 71.0 Å². The van der Waals surface area contributed by atoms with Crippen LogP contribution in [0.2, 0.25) is 0 Å². The lowest BCUT2D eigenvalue weighted by molar-refractivity contribution is 0.0752. The number of rotatable bonds is 6. The largest absolute Gasteiger partial charge is 0.489 e. The zero-order valence-corrected chi connectivity index (χ0v) is 15.7. The minimum absolute atomic E-state index is 0.126. The Kier molecular flexibility index (Phi) is 6.66. The molecule has 0 spiro atoms. The summed E-state index contributed by atoms with van der Waals surface area (Å²) in [5.74, 6) is 0.854. The van der Waals surface area contributed by atoms with Crippen LogP contribution in [0.1, 0.15) is 18.4 Å². The van der Waals surface area contributed by atoms with Crippen molar-refractivity contribution in [2.75, 3.05) is 13.2 Å². The van der Waals surface area contributed by atoms with Crippen LogP contribution in [0.25, 0.3) is 0 Å². The van der Waals surface area contributed by atoms with Gasteiger partial charge < -0.3 is 20.9 Å². The Morgan fingerprint density at radius 1 is 1.07 bits per heavy atom. The van der Waals surface area contributed by atoms with E-state index in [4.69, 9.17) is 20.9 Å². The molecule has 28 heavy (non-hydrogen) atoms. The molecule has 3 rings (SSSR count). The predicted molar refractivity (Wildman–Crippen MR) is 109 cm³/mol. The van der Waals surface area contributed by atoms with E-state index in [-0.39, 0.29) is 17.3 Å². The van der Waals surface area contributed by atoms with Gasteiger partial charge >= 0.3 is 0 Å². The van der Waals surface area contributed by atoms with Crippen LogP contribution in [0.4, 0.5) is 5.69 Å². The molecule has 0 aromatic heterocycles. The zero-order valence-electron chi connectivity index (χ0n) is 15.7. The summed E-state index contributed by atoms with van der Waals surface area (Å²) in [5, 5.41) is 9.47. The Hall–Kier alpha value is -3.30. The lowest BCUT2D eigenvalue weighted by Crippen LogP contribution is -2.27. The topological polar surface area (TPSA) is 107 Å². The maximum atomic E-state index is 9.47. The average Bonchev–Trinajstić information content (AvgIpc) is 2.77. The molecule has 0 amide bonds. The number of allylic oxidation sites excluding steroid dienone is 2. The van der Waals surface area contributed by atoms with Gasteiger partial charge in [-0.1, -0.05) is 30.3 Å². The first-order valence-corrected chi connectivity index (χ1v) is 9.26. The van der Waals surface area contributed by atoms with Gasteiger partial charge in [0.15, 0.2) is 5.71 Å². The van der Waals surface area contributed by atoms with Crippen molar-refractivity contribution in [3.8, 4) is 11.8 Å². The molecule has 144 valence electrons. The highest BCUT2D eigenvalue weighted by molar-refractivity contribution is 6.12. The molecular weight excluding hydrogens is 352 g/mol. The molecule has 0 atom stereocenters. The minimum Gasteiger partial charge on any atom is -0.489 e. The summed E-state index contributed by atoms with van der Waals surface area (Å²) in [6.07, 6.45) is 1.61. The zero-order chi connectivity index (χ0) is 19.8. The summed E-state index contributed by atoms with van der Waals surface area (Å²) in [4.78, 5) is 4.36. The molecule has 0 bridgehead atoms. The van der Waals surface area contributed by atoms with E-state index >= 15 is 0 Å². The van der Waals surface area contributed by atoms with Gasteiger partial charge in [0.1, 0.15) is 18.4 Å². The average molecular weight is 376 g/mol. The van der Waals surface area contributed by atoms with Gasteiger partial charge in [0.05, 0.1) is 11.4 Å². The second-order valence-corrected chi connectivity index (χ2v) is 6.60.